The number of hydrogen-bond acceptors (Lipinski definition) is 20. The third-order valence-corrected chi connectivity index (χ3v) is 21.9. The maximum absolute atomic E-state index is 10.3. The van der Waals surface area contributed by atoms with Crippen LogP contribution in [0.1, 0.15) is 106 Å². The number of aromatic nitrogens is 3. The SMILES string of the molecule is CCO[Si](CCCSCN(CCO)c1nc(C(CCO)CCO)nc(N(CSCCC[Si](OCC)(OCC)OCC)CSCCC[Si](OCC)(OCC)OCC)n1)(OCC)OCC. The van der Waals surface area contributed by atoms with E-state index in [0.29, 0.717) is 120 Å². The van der Waals surface area contributed by atoms with Crippen LogP contribution in [0.25, 0.3) is 0 Å². The molecular formula is C40H85N5O12S3Si3. The Labute approximate surface area is 396 Å². The van der Waals surface area contributed by atoms with Gasteiger partial charge in [0.15, 0.2) is 0 Å². The Kier molecular flexibility index (Phi) is 36.5. The second-order valence-electron chi connectivity index (χ2n) is 13.9. The Bertz CT molecular complexity index is 1160. The fourth-order valence-corrected chi connectivity index (χ4v) is 18.2. The minimum Gasteiger partial charge on any atom is -0.396 e. The van der Waals surface area contributed by atoms with Crippen LogP contribution in [0.5, 0.6) is 0 Å². The van der Waals surface area contributed by atoms with Crippen molar-refractivity contribution in [1.29, 1.82) is 0 Å². The van der Waals surface area contributed by atoms with Crippen LogP contribution in [-0.2, 0) is 39.8 Å². The van der Waals surface area contributed by atoms with E-state index in [1.54, 1.807) is 35.3 Å². The summed E-state index contributed by atoms with van der Waals surface area (Å²) >= 11 is 5.27. The zero-order valence-corrected chi connectivity index (χ0v) is 45.6. The lowest BCUT2D eigenvalue weighted by atomic mass is 10.0. The monoisotopic (exact) mass is 1010 g/mol. The van der Waals surface area contributed by atoms with Crippen molar-refractivity contribution in [3.8, 4) is 0 Å². The summed E-state index contributed by atoms with van der Waals surface area (Å²) in [5.74, 6) is 5.39. The molecule has 0 aliphatic rings. The number of nitrogens with zero attached hydrogens (tertiary/aromatic N) is 5. The summed E-state index contributed by atoms with van der Waals surface area (Å²) in [6.07, 6.45) is 3.32. The van der Waals surface area contributed by atoms with Gasteiger partial charge in [-0.05, 0) is 112 Å². The van der Waals surface area contributed by atoms with Crippen LogP contribution in [0.3, 0.4) is 0 Å². The first-order valence-electron chi connectivity index (χ1n) is 23.2. The van der Waals surface area contributed by atoms with Gasteiger partial charge >= 0.3 is 26.4 Å². The third kappa shape index (κ3) is 24.1. The number of aliphatic hydroxyl groups is 3. The summed E-state index contributed by atoms with van der Waals surface area (Å²) in [4.78, 5) is 19.2. The van der Waals surface area contributed by atoms with E-state index in [9.17, 15) is 15.3 Å². The summed E-state index contributed by atoms with van der Waals surface area (Å²) in [5, 5.41) is 30.4. The fraction of sp³-hybridized carbons (Fsp3) is 0.925. The molecule has 0 atom stereocenters. The lowest BCUT2D eigenvalue weighted by Gasteiger charge is -2.29. The molecule has 17 nitrogen and oxygen atoms in total. The summed E-state index contributed by atoms with van der Waals surface area (Å²) in [6, 6.07) is 2.15. The van der Waals surface area contributed by atoms with Crippen molar-refractivity contribution in [2.24, 2.45) is 0 Å². The molecule has 1 aromatic heterocycles. The number of hydrogen-bond donors (Lipinski definition) is 3. The number of rotatable bonds is 45. The van der Waals surface area contributed by atoms with E-state index in [4.69, 9.17) is 54.8 Å². The molecule has 0 aliphatic carbocycles. The van der Waals surface area contributed by atoms with Crippen LogP contribution < -0.4 is 9.80 Å². The lowest BCUT2D eigenvalue weighted by Crippen LogP contribution is -2.46. The van der Waals surface area contributed by atoms with Gasteiger partial charge in [0.2, 0.25) is 11.9 Å². The first-order valence-corrected chi connectivity index (χ1v) is 32.5. The van der Waals surface area contributed by atoms with Crippen LogP contribution in [-0.4, -0.2) is 177 Å². The van der Waals surface area contributed by atoms with Gasteiger partial charge in [0.25, 0.3) is 0 Å². The summed E-state index contributed by atoms with van der Waals surface area (Å²) < 4.78 is 54.9. The first kappa shape index (κ1) is 60.8. The molecule has 0 aromatic carbocycles. The molecule has 1 rings (SSSR count). The molecule has 1 aromatic rings. The van der Waals surface area contributed by atoms with Gasteiger partial charge in [0.05, 0.1) is 24.2 Å². The average Bonchev–Trinajstić information content (AvgIpc) is 3.25. The predicted molar refractivity (Wildman–Crippen MR) is 265 cm³/mol. The minimum atomic E-state index is -2.78. The van der Waals surface area contributed by atoms with Gasteiger partial charge in [-0.15, -0.1) is 35.3 Å². The number of aliphatic hydroxyl groups excluding tert-OH is 3. The minimum absolute atomic E-state index is 0.0746. The van der Waals surface area contributed by atoms with Crippen LogP contribution >= 0.6 is 35.3 Å². The molecule has 0 fully saturated rings. The molecule has 0 saturated carbocycles. The summed E-state index contributed by atoms with van der Waals surface area (Å²) in [5.41, 5.74) is 0. The van der Waals surface area contributed by atoms with Gasteiger partial charge in [0, 0.05) is 103 Å². The van der Waals surface area contributed by atoms with E-state index in [-0.39, 0.29) is 25.7 Å². The third-order valence-electron chi connectivity index (χ3n) is 9.22. The quantitative estimate of drug-likeness (QED) is 0.0355. The Balaban J connectivity index is 3.50. The van der Waals surface area contributed by atoms with Gasteiger partial charge in [-0.1, -0.05) is 0 Å². The molecule has 1 heterocycles. The molecule has 63 heavy (non-hydrogen) atoms. The Hall–Kier alpha value is -0.169. The number of thioether (sulfide) groups is 3. The molecule has 3 N–H and O–H groups in total. The van der Waals surface area contributed by atoms with Crippen LogP contribution in [0, 0.1) is 0 Å². The molecular weight excluding hydrogens is 923 g/mol. The fourth-order valence-electron chi connectivity index (χ4n) is 6.74. The second kappa shape index (κ2) is 37.8. The van der Waals surface area contributed by atoms with Gasteiger partial charge in [-0.25, -0.2) is 0 Å². The Morgan fingerprint density at radius 2 is 0.746 bits per heavy atom. The van der Waals surface area contributed by atoms with Gasteiger partial charge in [0.1, 0.15) is 5.82 Å². The maximum atomic E-state index is 10.3. The molecule has 23 heteroatoms. The van der Waals surface area contributed by atoms with E-state index in [1.807, 2.05) is 67.2 Å². The lowest BCUT2D eigenvalue weighted by molar-refractivity contribution is 0.0704. The molecule has 0 bridgehead atoms. The Morgan fingerprint density at radius 1 is 0.444 bits per heavy atom. The molecule has 0 spiro atoms. The van der Waals surface area contributed by atoms with Gasteiger partial charge < -0.3 is 65.0 Å². The van der Waals surface area contributed by atoms with E-state index < -0.39 is 26.4 Å². The van der Waals surface area contributed by atoms with E-state index in [0.717, 1.165) is 48.6 Å². The molecule has 0 unspecified atom stereocenters. The standard InChI is InChI=1S/C40H85N5O12S3Si3/c1-10-49-61(50-11-2,51-12-3)31-19-28-58-34-44(24-27-48)39-41-38(37(22-25-46)23-26-47)42-40(43-39)45(35-59-29-20-32-62(52-13-4,53-14-5)54-15-6)36-60-30-21-33-63(55-16-7,56-17-8)57-18-9/h37,46-48H,10-36H2,1-9H3. The highest BCUT2D eigenvalue weighted by Crippen LogP contribution is 2.29. The van der Waals surface area contributed by atoms with E-state index >= 15 is 0 Å². The van der Waals surface area contributed by atoms with Gasteiger partial charge in [-0.3, -0.25) is 0 Å². The van der Waals surface area contributed by atoms with Gasteiger partial charge in [-0.2, -0.15) is 15.0 Å². The smallest absolute Gasteiger partial charge is 0.396 e. The molecule has 0 aliphatic heterocycles. The zero-order chi connectivity index (χ0) is 46.7. The molecule has 0 amide bonds. The molecule has 372 valence electrons. The topological polar surface area (TPSA) is 189 Å². The molecule has 0 saturated heterocycles. The second-order valence-corrected chi connectivity index (χ2v) is 25.3. The predicted octanol–water partition coefficient (Wildman–Crippen LogP) is 6.71. The van der Waals surface area contributed by atoms with Crippen molar-refractivity contribution < 1.29 is 55.2 Å². The van der Waals surface area contributed by atoms with Crippen molar-refractivity contribution in [3.63, 3.8) is 0 Å². The summed E-state index contributed by atoms with van der Waals surface area (Å²) in [7, 11) is -8.33. The molecule has 0 radical (unpaired) electrons. The first-order chi connectivity index (χ1) is 30.6. The maximum Gasteiger partial charge on any atom is 0.500 e. The van der Waals surface area contributed by atoms with Crippen LogP contribution in [0.15, 0.2) is 0 Å². The van der Waals surface area contributed by atoms with E-state index in [1.165, 1.54) is 0 Å². The van der Waals surface area contributed by atoms with Crippen LogP contribution in [0.4, 0.5) is 11.9 Å². The largest absolute Gasteiger partial charge is 0.500 e. The highest BCUT2D eigenvalue weighted by atomic mass is 32.2. The number of anilines is 2. The zero-order valence-electron chi connectivity index (χ0n) is 40.1. The normalized spacial score (nSPS) is 12.5. The van der Waals surface area contributed by atoms with Crippen LogP contribution in [0.2, 0.25) is 18.1 Å². The average molecular weight is 1010 g/mol. The van der Waals surface area contributed by atoms with Crippen molar-refractivity contribution >= 4 is 73.6 Å². The van der Waals surface area contributed by atoms with Crippen molar-refractivity contribution in [2.75, 3.05) is 131 Å². The Morgan fingerprint density at radius 3 is 1.03 bits per heavy atom. The summed E-state index contributed by atoms with van der Waals surface area (Å²) in [6.45, 7) is 22.6. The van der Waals surface area contributed by atoms with Crippen molar-refractivity contribution in [1.82, 2.24) is 15.0 Å². The van der Waals surface area contributed by atoms with Crippen molar-refractivity contribution in [2.45, 2.75) is 118 Å². The van der Waals surface area contributed by atoms with E-state index in [2.05, 4.69) is 4.90 Å². The van der Waals surface area contributed by atoms with Crippen molar-refractivity contribution in [3.05, 3.63) is 5.82 Å². The highest BCUT2D eigenvalue weighted by molar-refractivity contribution is 8.00. The highest BCUT2D eigenvalue weighted by Gasteiger charge is 2.41.